The fourth-order valence-electron chi connectivity index (χ4n) is 2.08. The Balaban J connectivity index is 2.24. The lowest BCUT2D eigenvalue weighted by Crippen LogP contribution is -2.15. The van der Waals surface area contributed by atoms with Gasteiger partial charge in [-0.05, 0) is 60.9 Å². The van der Waals surface area contributed by atoms with Crippen molar-refractivity contribution in [3.8, 4) is 0 Å². The van der Waals surface area contributed by atoms with E-state index in [1.165, 1.54) is 42.5 Å². The number of hydrogen-bond donors (Lipinski definition) is 2. The highest BCUT2D eigenvalue weighted by molar-refractivity contribution is 7.89. The van der Waals surface area contributed by atoms with Crippen LogP contribution in [0.3, 0.4) is 0 Å². The number of aryl methyl sites for hydroxylation is 1. The van der Waals surface area contributed by atoms with Crippen LogP contribution in [0.5, 0.6) is 0 Å². The minimum absolute atomic E-state index is 0.0741. The first-order chi connectivity index (χ1) is 11.2. The summed E-state index contributed by atoms with van der Waals surface area (Å²) in [5.41, 5.74) is 2.31. The van der Waals surface area contributed by atoms with Crippen molar-refractivity contribution in [3.63, 3.8) is 0 Å². The predicted octanol–water partition coefficient (Wildman–Crippen LogP) is 2.74. The minimum atomic E-state index is -3.87. The standard InChI is InChI=1S/C17H17FN2O3S/c1-11-8-15(24(19,22)23)10-16(12(11)2)20-17(21)7-6-13-4-3-5-14(18)9-13/h3-10H,1-2H3,(H,20,21)(H2,19,22,23)/b7-6+. The van der Waals surface area contributed by atoms with Crippen LogP contribution in [0.2, 0.25) is 0 Å². The fraction of sp³-hybridized carbons (Fsp3) is 0.118. The molecule has 5 nitrogen and oxygen atoms in total. The zero-order valence-corrected chi connectivity index (χ0v) is 14.0. The first-order valence-electron chi connectivity index (χ1n) is 7.05. The number of carbonyl (C=O) groups excluding carboxylic acids is 1. The van der Waals surface area contributed by atoms with Crippen molar-refractivity contribution >= 4 is 27.7 Å². The van der Waals surface area contributed by atoms with Gasteiger partial charge < -0.3 is 5.32 Å². The van der Waals surface area contributed by atoms with Gasteiger partial charge >= 0.3 is 0 Å². The zero-order valence-electron chi connectivity index (χ0n) is 13.2. The van der Waals surface area contributed by atoms with E-state index in [2.05, 4.69) is 5.32 Å². The Morgan fingerprint density at radius 3 is 2.54 bits per heavy atom. The molecule has 7 heteroatoms. The molecule has 0 heterocycles. The van der Waals surface area contributed by atoms with Crippen molar-refractivity contribution in [2.75, 3.05) is 5.32 Å². The molecule has 0 bridgehead atoms. The van der Waals surface area contributed by atoms with Gasteiger partial charge in [0.2, 0.25) is 15.9 Å². The molecule has 3 N–H and O–H groups in total. The summed E-state index contributed by atoms with van der Waals surface area (Å²) < 4.78 is 36.1. The number of halogens is 1. The van der Waals surface area contributed by atoms with Crippen molar-refractivity contribution in [2.24, 2.45) is 5.14 Å². The molecular weight excluding hydrogens is 331 g/mol. The Kier molecular flexibility index (Phi) is 5.16. The summed E-state index contributed by atoms with van der Waals surface area (Å²) in [6.45, 7) is 3.48. The number of nitrogens with two attached hydrogens (primary N) is 1. The quantitative estimate of drug-likeness (QED) is 0.833. The average Bonchev–Trinajstić information content (AvgIpc) is 2.48. The number of primary sulfonamides is 1. The Bertz CT molecular complexity index is 921. The number of nitrogens with one attached hydrogen (secondary N) is 1. The summed E-state index contributed by atoms with van der Waals surface area (Å²) in [7, 11) is -3.87. The van der Waals surface area contributed by atoms with Crippen LogP contribution in [0.1, 0.15) is 16.7 Å². The van der Waals surface area contributed by atoms with Gasteiger partial charge in [0.05, 0.1) is 4.90 Å². The van der Waals surface area contributed by atoms with Gasteiger partial charge in [-0.2, -0.15) is 0 Å². The molecule has 0 aromatic heterocycles. The molecular formula is C17H17FN2O3S. The molecule has 0 fully saturated rings. The van der Waals surface area contributed by atoms with Crippen LogP contribution in [0.25, 0.3) is 6.08 Å². The summed E-state index contributed by atoms with van der Waals surface area (Å²) in [5.74, 6) is -0.863. The lowest BCUT2D eigenvalue weighted by atomic mass is 10.1. The molecule has 0 atom stereocenters. The van der Waals surface area contributed by atoms with Gasteiger partial charge in [0.1, 0.15) is 5.82 Å². The highest BCUT2D eigenvalue weighted by Crippen LogP contribution is 2.23. The lowest BCUT2D eigenvalue weighted by molar-refractivity contribution is -0.111. The fourth-order valence-corrected chi connectivity index (χ4v) is 2.70. The van der Waals surface area contributed by atoms with E-state index >= 15 is 0 Å². The molecule has 0 aliphatic carbocycles. The third kappa shape index (κ3) is 4.50. The molecule has 1 amide bonds. The van der Waals surface area contributed by atoms with Gasteiger partial charge in [0, 0.05) is 11.8 Å². The van der Waals surface area contributed by atoms with E-state index in [9.17, 15) is 17.6 Å². The summed E-state index contributed by atoms with van der Waals surface area (Å²) in [5, 5.41) is 7.74. The van der Waals surface area contributed by atoms with Crippen LogP contribution < -0.4 is 10.5 Å². The van der Waals surface area contributed by atoms with Gasteiger partial charge in [-0.25, -0.2) is 17.9 Å². The third-order valence-corrected chi connectivity index (χ3v) is 4.40. The number of carbonyl (C=O) groups is 1. The highest BCUT2D eigenvalue weighted by Gasteiger charge is 2.13. The Morgan fingerprint density at radius 1 is 1.21 bits per heavy atom. The van der Waals surface area contributed by atoms with Crippen LogP contribution >= 0.6 is 0 Å². The maximum Gasteiger partial charge on any atom is 0.248 e. The van der Waals surface area contributed by atoms with Gasteiger partial charge in [-0.1, -0.05) is 12.1 Å². The molecule has 0 saturated heterocycles. The molecule has 24 heavy (non-hydrogen) atoms. The molecule has 0 radical (unpaired) electrons. The Hall–Kier alpha value is -2.51. The van der Waals surface area contributed by atoms with Gasteiger partial charge in [0.15, 0.2) is 0 Å². The molecule has 0 aliphatic heterocycles. The van der Waals surface area contributed by atoms with Crippen LogP contribution in [0.15, 0.2) is 47.4 Å². The summed E-state index contributed by atoms with van der Waals surface area (Å²) in [6, 6.07) is 8.55. The number of benzene rings is 2. The number of sulfonamides is 1. The van der Waals surface area contributed by atoms with E-state index in [1.807, 2.05) is 0 Å². The third-order valence-electron chi connectivity index (χ3n) is 3.50. The smallest absolute Gasteiger partial charge is 0.248 e. The van der Waals surface area contributed by atoms with E-state index < -0.39 is 21.7 Å². The van der Waals surface area contributed by atoms with Crippen LogP contribution in [-0.2, 0) is 14.8 Å². The maximum atomic E-state index is 13.1. The Morgan fingerprint density at radius 2 is 1.92 bits per heavy atom. The van der Waals surface area contributed by atoms with E-state index in [-0.39, 0.29) is 4.90 Å². The Labute approximate surface area is 140 Å². The molecule has 126 valence electrons. The molecule has 2 aromatic rings. The van der Waals surface area contributed by atoms with Crippen molar-refractivity contribution in [2.45, 2.75) is 18.7 Å². The van der Waals surface area contributed by atoms with Gasteiger partial charge in [-0.15, -0.1) is 0 Å². The topological polar surface area (TPSA) is 89.3 Å². The van der Waals surface area contributed by atoms with Crippen molar-refractivity contribution in [1.82, 2.24) is 0 Å². The van der Waals surface area contributed by atoms with E-state index in [4.69, 9.17) is 5.14 Å². The summed E-state index contributed by atoms with van der Waals surface area (Å²) in [6.07, 6.45) is 2.71. The van der Waals surface area contributed by atoms with Crippen molar-refractivity contribution in [1.29, 1.82) is 0 Å². The second-order valence-electron chi connectivity index (χ2n) is 5.34. The maximum absolute atomic E-state index is 13.1. The second-order valence-corrected chi connectivity index (χ2v) is 6.90. The van der Waals surface area contributed by atoms with Crippen LogP contribution in [-0.4, -0.2) is 14.3 Å². The van der Waals surface area contributed by atoms with Crippen molar-refractivity contribution < 1.29 is 17.6 Å². The normalized spacial score (nSPS) is 11.7. The summed E-state index contributed by atoms with van der Waals surface area (Å²) >= 11 is 0. The predicted molar refractivity (Wildman–Crippen MR) is 91.4 cm³/mol. The van der Waals surface area contributed by atoms with E-state index in [1.54, 1.807) is 19.9 Å². The second kappa shape index (κ2) is 6.94. The molecule has 2 rings (SSSR count). The molecule has 0 aliphatic rings. The monoisotopic (exact) mass is 348 g/mol. The molecule has 0 spiro atoms. The lowest BCUT2D eigenvalue weighted by Gasteiger charge is -2.11. The SMILES string of the molecule is Cc1cc(S(N)(=O)=O)cc(NC(=O)/C=C/c2cccc(F)c2)c1C. The van der Waals surface area contributed by atoms with Crippen LogP contribution in [0.4, 0.5) is 10.1 Å². The molecule has 0 saturated carbocycles. The highest BCUT2D eigenvalue weighted by atomic mass is 32.2. The number of amides is 1. The summed E-state index contributed by atoms with van der Waals surface area (Å²) in [4.78, 5) is 11.9. The van der Waals surface area contributed by atoms with Crippen molar-refractivity contribution in [3.05, 3.63) is 65.0 Å². The number of hydrogen-bond acceptors (Lipinski definition) is 3. The first-order valence-corrected chi connectivity index (χ1v) is 8.60. The van der Waals surface area contributed by atoms with Gasteiger partial charge in [-0.3, -0.25) is 4.79 Å². The number of anilines is 1. The molecule has 2 aromatic carbocycles. The largest absolute Gasteiger partial charge is 0.322 e. The first kappa shape index (κ1) is 17.8. The molecule has 0 unspecified atom stereocenters. The number of rotatable bonds is 4. The average molecular weight is 348 g/mol. The van der Waals surface area contributed by atoms with Crippen LogP contribution in [0, 0.1) is 19.7 Å². The van der Waals surface area contributed by atoms with E-state index in [0.29, 0.717) is 16.8 Å². The van der Waals surface area contributed by atoms with Gasteiger partial charge in [0.25, 0.3) is 0 Å². The van der Waals surface area contributed by atoms with E-state index in [0.717, 1.165) is 5.56 Å². The minimum Gasteiger partial charge on any atom is -0.322 e. The zero-order chi connectivity index (χ0) is 17.9.